The molecule has 102 valence electrons. The molecular formula is C14H30N2O. The number of methoxy groups -OCH3 is 1. The predicted octanol–water partition coefficient (Wildman–Crippen LogP) is 2.25. The SMILES string of the molecule is COCCN(CCC(N)CC(C)(C)C)C1CC1. The second kappa shape index (κ2) is 6.72. The van der Waals surface area contributed by atoms with Gasteiger partial charge in [0.15, 0.2) is 0 Å². The van der Waals surface area contributed by atoms with Crippen molar-refractivity contribution in [1.29, 1.82) is 0 Å². The summed E-state index contributed by atoms with van der Waals surface area (Å²) in [5, 5.41) is 0. The average Bonchev–Trinajstić information content (AvgIpc) is 2.99. The minimum atomic E-state index is 0.332. The average molecular weight is 242 g/mol. The molecule has 0 aromatic heterocycles. The highest BCUT2D eigenvalue weighted by atomic mass is 16.5. The van der Waals surface area contributed by atoms with Crippen LogP contribution < -0.4 is 5.73 Å². The Morgan fingerprint density at radius 1 is 1.29 bits per heavy atom. The molecule has 1 fully saturated rings. The molecule has 0 aliphatic heterocycles. The van der Waals surface area contributed by atoms with Gasteiger partial charge in [0.05, 0.1) is 6.61 Å². The van der Waals surface area contributed by atoms with E-state index >= 15 is 0 Å². The number of ether oxygens (including phenoxy) is 1. The number of rotatable bonds is 8. The van der Waals surface area contributed by atoms with E-state index in [0.29, 0.717) is 11.5 Å². The van der Waals surface area contributed by atoms with Gasteiger partial charge in [0, 0.05) is 25.7 Å². The van der Waals surface area contributed by atoms with E-state index in [1.165, 1.54) is 12.8 Å². The molecule has 0 aromatic rings. The number of nitrogens with zero attached hydrogens (tertiary/aromatic N) is 1. The molecule has 0 saturated heterocycles. The maximum atomic E-state index is 6.20. The molecule has 3 heteroatoms. The highest BCUT2D eigenvalue weighted by molar-refractivity contribution is 4.85. The van der Waals surface area contributed by atoms with Gasteiger partial charge in [-0.25, -0.2) is 0 Å². The summed E-state index contributed by atoms with van der Waals surface area (Å²) in [6.45, 7) is 9.81. The Bertz CT molecular complexity index is 209. The molecule has 1 unspecified atom stereocenters. The van der Waals surface area contributed by atoms with Crippen LogP contribution in [0, 0.1) is 5.41 Å². The third-order valence-corrected chi connectivity index (χ3v) is 3.31. The van der Waals surface area contributed by atoms with E-state index in [1.54, 1.807) is 7.11 Å². The van der Waals surface area contributed by atoms with Crippen molar-refractivity contribution in [2.45, 2.75) is 58.5 Å². The lowest BCUT2D eigenvalue weighted by Gasteiger charge is -2.26. The number of hydrogen-bond acceptors (Lipinski definition) is 3. The zero-order valence-corrected chi connectivity index (χ0v) is 12.0. The summed E-state index contributed by atoms with van der Waals surface area (Å²) in [5.74, 6) is 0. The van der Waals surface area contributed by atoms with Crippen LogP contribution in [-0.2, 0) is 4.74 Å². The summed E-state index contributed by atoms with van der Waals surface area (Å²) in [6.07, 6.45) is 4.93. The zero-order valence-electron chi connectivity index (χ0n) is 12.0. The van der Waals surface area contributed by atoms with Crippen molar-refractivity contribution in [2.75, 3.05) is 26.8 Å². The fourth-order valence-electron chi connectivity index (χ4n) is 2.35. The van der Waals surface area contributed by atoms with Crippen LogP contribution in [0.25, 0.3) is 0 Å². The molecule has 1 aliphatic rings. The smallest absolute Gasteiger partial charge is 0.0589 e. The van der Waals surface area contributed by atoms with Gasteiger partial charge in [0.2, 0.25) is 0 Å². The predicted molar refractivity (Wildman–Crippen MR) is 73.1 cm³/mol. The van der Waals surface area contributed by atoms with Crippen LogP contribution in [-0.4, -0.2) is 43.8 Å². The fourth-order valence-corrected chi connectivity index (χ4v) is 2.35. The summed E-state index contributed by atoms with van der Waals surface area (Å²) in [5.41, 5.74) is 6.54. The van der Waals surface area contributed by atoms with E-state index in [4.69, 9.17) is 10.5 Å². The first-order chi connectivity index (χ1) is 7.92. The largest absolute Gasteiger partial charge is 0.383 e. The summed E-state index contributed by atoms with van der Waals surface area (Å²) in [6, 6.07) is 1.14. The van der Waals surface area contributed by atoms with Crippen LogP contribution in [0.1, 0.15) is 46.5 Å². The first-order valence-electron chi connectivity index (χ1n) is 6.91. The van der Waals surface area contributed by atoms with Crippen molar-refractivity contribution in [2.24, 2.45) is 11.1 Å². The maximum Gasteiger partial charge on any atom is 0.0589 e. The van der Waals surface area contributed by atoms with Crippen molar-refractivity contribution in [3.8, 4) is 0 Å². The van der Waals surface area contributed by atoms with Gasteiger partial charge >= 0.3 is 0 Å². The van der Waals surface area contributed by atoms with Gasteiger partial charge in [-0.3, -0.25) is 4.90 Å². The third-order valence-electron chi connectivity index (χ3n) is 3.31. The lowest BCUT2D eigenvalue weighted by Crippen LogP contribution is -2.35. The highest BCUT2D eigenvalue weighted by Crippen LogP contribution is 2.27. The zero-order chi connectivity index (χ0) is 12.9. The minimum Gasteiger partial charge on any atom is -0.383 e. The van der Waals surface area contributed by atoms with E-state index in [0.717, 1.165) is 38.6 Å². The van der Waals surface area contributed by atoms with Gasteiger partial charge in [-0.05, 0) is 37.6 Å². The molecule has 0 bridgehead atoms. The Balaban J connectivity index is 2.21. The van der Waals surface area contributed by atoms with Crippen molar-refractivity contribution in [3.63, 3.8) is 0 Å². The van der Waals surface area contributed by atoms with Crippen LogP contribution >= 0.6 is 0 Å². The van der Waals surface area contributed by atoms with Crippen LogP contribution in [0.15, 0.2) is 0 Å². The molecule has 17 heavy (non-hydrogen) atoms. The summed E-state index contributed by atoms with van der Waals surface area (Å²) >= 11 is 0. The van der Waals surface area contributed by atoms with E-state index in [2.05, 4.69) is 25.7 Å². The highest BCUT2D eigenvalue weighted by Gasteiger charge is 2.28. The van der Waals surface area contributed by atoms with Crippen molar-refractivity contribution in [1.82, 2.24) is 4.90 Å². The molecule has 2 N–H and O–H groups in total. The van der Waals surface area contributed by atoms with E-state index in [-0.39, 0.29) is 0 Å². The van der Waals surface area contributed by atoms with Gasteiger partial charge in [0.25, 0.3) is 0 Å². The van der Waals surface area contributed by atoms with Gasteiger partial charge in [0.1, 0.15) is 0 Å². The van der Waals surface area contributed by atoms with Crippen LogP contribution in [0.3, 0.4) is 0 Å². The van der Waals surface area contributed by atoms with Gasteiger partial charge in [-0.2, -0.15) is 0 Å². The summed E-state index contributed by atoms with van der Waals surface area (Å²) in [4.78, 5) is 2.55. The molecule has 0 aromatic carbocycles. The minimum absolute atomic E-state index is 0.332. The molecule has 0 amide bonds. The molecule has 0 heterocycles. The summed E-state index contributed by atoms with van der Waals surface area (Å²) in [7, 11) is 1.77. The first-order valence-corrected chi connectivity index (χ1v) is 6.91. The normalized spacial score (nSPS) is 18.7. The second-order valence-electron chi connectivity index (χ2n) is 6.57. The second-order valence-corrected chi connectivity index (χ2v) is 6.57. The van der Waals surface area contributed by atoms with Crippen LogP contribution in [0.5, 0.6) is 0 Å². The van der Waals surface area contributed by atoms with E-state index in [9.17, 15) is 0 Å². The summed E-state index contributed by atoms with van der Waals surface area (Å²) < 4.78 is 5.16. The Morgan fingerprint density at radius 3 is 2.41 bits per heavy atom. The van der Waals surface area contributed by atoms with Crippen molar-refractivity contribution >= 4 is 0 Å². The Labute approximate surface area is 107 Å². The number of hydrogen-bond donors (Lipinski definition) is 1. The Morgan fingerprint density at radius 2 is 1.94 bits per heavy atom. The van der Waals surface area contributed by atoms with Crippen molar-refractivity contribution < 1.29 is 4.74 Å². The maximum absolute atomic E-state index is 6.20. The van der Waals surface area contributed by atoms with Crippen LogP contribution in [0.2, 0.25) is 0 Å². The van der Waals surface area contributed by atoms with E-state index < -0.39 is 0 Å². The lowest BCUT2D eigenvalue weighted by molar-refractivity contribution is 0.139. The van der Waals surface area contributed by atoms with Crippen LogP contribution in [0.4, 0.5) is 0 Å². The topological polar surface area (TPSA) is 38.5 Å². The Hall–Kier alpha value is -0.120. The van der Waals surface area contributed by atoms with Gasteiger partial charge < -0.3 is 10.5 Å². The van der Waals surface area contributed by atoms with Gasteiger partial charge in [-0.15, -0.1) is 0 Å². The standard InChI is InChI=1S/C14H30N2O/c1-14(2,3)11-12(15)7-8-16(9-10-17-4)13-5-6-13/h12-13H,5-11,15H2,1-4H3. The molecule has 1 rings (SSSR count). The first kappa shape index (κ1) is 14.9. The van der Waals surface area contributed by atoms with Crippen molar-refractivity contribution in [3.05, 3.63) is 0 Å². The molecule has 1 atom stereocenters. The fraction of sp³-hybridized carbons (Fsp3) is 1.00. The molecule has 1 aliphatic carbocycles. The monoisotopic (exact) mass is 242 g/mol. The quantitative estimate of drug-likeness (QED) is 0.709. The number of nitrogens with two attached hydrogens (primary N) is 1. The molecule has 0 radical (unpaired) electrons. The lowest BCUT2D eigenvalue weighted by atomic mass is 9.87. The molecule has 1 saturated carbocycles. The van der Waals surface area contributed by atoms with Gasteiger partial charge in [-0.1, -0.05) is 20.8 Å². The molecule has 3 nitrogen and oxygen atoms in total. The molecular weight excluding hydrogens is 212 g/mol. The molecule has 0 spiro atoms. The van der Waals surface area contributed by atoms with E-state index in [1.807, 2.05) is 0 Å². The third kappa shape index (κ3) is 7.02. The Kier molecular flexibility index (Phi) is 5.90.